The molecule has 1 aliphatic rings. The van der Waals surface area contributed by atoms with Gasteiger partial charge in [0.15, 0.2) is 0 Å². The minimum Gasteiger partial charge on any atom is -0.388 e. The molecule has 3 aromatic rings. The van der Waals surface area contributed by atoms with E-state index in [-0.39, 0.29) is 35.5 Å². The van der Waals surface area contributed by atoms with Crippen LogP contribution in [0.5, 0.6) is 0 Å². The van der Waals surface area contributed by atoms with E-state index < -0.39 is 6.10 Å². The fraction of sp³-hybridized carbons (Fsp3) is 0.406. The van der Waals surface area contributed by atoms with Gasteiger partial charge in [-0.2, -0.15) is 0 Å². The highest BCUT2D eigenvalue weighted by atomic mass is 19.1. The number of aliphatic hydroxyl groups excluding tert-OH is 1. The Labute approximate surface area is 230 Å². The van der Waals surface area contributed by atoms with E-state index in [1.54, 1.807) is 12.1 Å². The molecule has 1 saturated heterocycles. The summed E-state index contributed by atoms with van der Waals surface area (Å²) < 4.78 is 27.7. The van der Waals surface area contributed by atoms with Crippen LogP contribution < -0.4 is 10.6 Å². The van der Waals surface area contributed by atoms with Crippen LogP contribution in [0.4, 0.5) is 8.78 Å². The van der Waals surface area contributed by atoms with Crippen molar-refractivity contribution in [1.29, 1.82) is 0 Å². The van der Waals surface area contributed by atoms with E-state index >= 15 is 0 Å². The molecule has 3 N–H and O–H groups in total. The number of halogens is 2. The van der Waals surface area contributed by atoms with Gasteiger partial charge in [-0.25, -0.2) is 8.78 Å². The van der Waals surface area contributed by atoms with Crippen LogP contribution in [0.2, 0.25) is 0 Å². The molecule has 1 fully saturated rings. The van der Waals surface area contributed by atoms with E-state index in [1.165, 1.54) is 24.3 Å². The lowest BCUT2D eigenvalue weighted by Crippen LogP contribution is -2.53. The number of rotatable bonds is 12. The third kappa shape index (κ3) is 8.18. The number of aliphatic hydroxyl groups is 1. The Bertz CT molecular complexity index is 1210. The van der Waals surface area contributed by atoms with Gasteiger partial charge >= 0.3 is 0 Å². The summed E-state index contributed by atoms with van der Waals surface area (Å²) in [6.07, 6.45) is 1.96. The number of hydrogen-bond acceptors (Lipinski definition) is 3. The fourth-order valence-electron chi connectivity index (χ4n) is 5.26. The average molecular weight is 537 g/mol. The van der Waals surface area contributed by atoms with E-state index in [0.29, 0.717) is 24.9 Å². The van der Waals surface area contributed by atoms with Crippen molar-refractivity contribution in [2.45, 2.75) is 56.3 Å². The quantitative estimate of drug-likeness (QED) is 0.273. The van der Waals surface area contributed by atoms with E-state index in [2.05, 4.69) is 43.9 Å². The van der Waals surface area contributed by atoms with Gasteiger partial charge in [-0.3, -0.25) is 4.79 Å². The van der Waals surface area contributed by atoms with Crippen molar-refractivity contribution in [3.8, 4) is 0 Å². The molecule has 1 aliphatic heterocycles. The lowest BCUT2D eigenvalue weighted by molar-refractivity contribution is -0.870. The first-order chi connectivity index (χ1) is 18.6. The fourth-order valence-corrected chi connectivity index (χ4v) is 5.26. The minimum atomic E-state index is -0.675. The number of hydrogen-bond donors (Lipinski definition) is 3. The Balaban J connectivity index is 1.38. The lowest BCUT2D eigenvalue weighted by Gasteiger charge is -2.47. The number of carbonyl (C=O) groups excluding carboxylic acids is 1. The van der Waals surface area contributed by atoms with Crippen molar-refractivity contribution < 1.29 is 23.2 Å². The zero-order valence-electron chi connectivity index (χ0n) is 23.0. The second-order valence-electron chi connectivity index (χ2n) is 11.6. The molecule has 1 heterocycles. The second-order valence-corrected chi connectivity index (χ2v) is 11.6. The molecule has 4 unspecified atom stereocenters. The molecule has 0 aliphatic carbocycles. The first-order valence-corrected chi connectivity index (χ1v) is 13.7. The second kappa shape index (κ2) is 12.8. The third-order valence-electron chi connectivity index (χ3n) is 7.51. The number of benzene rings is 3. The molecule has 208 valence electrons. The zero-order valence-corrected chi connectivity index (χ0v) is 23.0. The van der Waals surface area contributed by atoms with Crippen LogP contribution in [0.15, 0.2) is 72.8 Å². The Morgan fingerprint density at radius 3 is 2.13 bits per heavy atom. The summed E-state index contributed by atoms with van der Waals surface area (Å²) in [4.78, 5) is 12.3. The summed E-state index contributed by atoms with van der Waals surface area (Å²) in [5.41, 5.74) is 3.91. The van der Waals surface area contributed by atoms with E-state index in [4.69, 9.17) is 0 Å². The van der Waals surface area contributed by atoms with Gasteiger partial charge in [-0.1, -0.05) is 48.5 Å². The molecule has 39 heavy (non-hydrogen) atoms. The number of nitrogens with zero attached hydrogens (tertiary/aromatic N) is 1. The van der Waals surface area contributed by atoms with Crippen LogP contribution in [-0.4, -0.2) is 49.2 Å². The maximum atomic E-state index is 13.6. The predicted octanol–water partition coefficient (Wildman–Crippen LogP) is 5.38. The largest absolute Gasteiger partial charge is 0.388 e. The Kier molecular flexibility index (Phi) is 9.49. The summed E-state index contributed by atoms with van der Waals surface area (Å²) in [7, 11) is 6.36. The maximum Gasteiger partial charge on any atom is 0.220 e. The van der Waals surface area contributed by atoms with E-state index in [1.807, 2.05) is 24.3 Å². The summed E-state index contributed by atoms with van der Waals surface area (Å²) in [5.74, 6) is -0.379. The van der Waals surface area contributed by atoms with Crippen molar-refractivity contribution in [1.82, 2.24) is 10.6 Å². The van der Waals surface area contributed by atoms with Gasteiger partial charge in [-0.15, -0.1) is 0 Å². The standard InChI is InChI=1S/C32H39F2N3O2/c1-37(2,3)20-4-5-30(39)35-21-22-6-8-24(9-7-22)31-28(36-32(31)25-12-16-27(34)17-13-25)18-19-29(38)23-10-14-26(33)15-11-23/h6-17,28-29,31-32,36,38H,4-5,18-21H2,1-3H3/p+1. The topological polar surface area (TPSA) is 61.4 Å². The molecule has 0 radical (unpaired) electrons. The molecule has 4 atom stereocenters. The first-order valence-electron chi connectivity index (χ1n) is 13.7. The van der Waals surface area contributed by atoms with Crippen molar-refractivity contribution in [2.24, 2.45) is 0 Å². The predicted molar refractivity (Wildman–Crippen MR) is 150 cm³/mol. The molecular weight excluding hydrogens is 496 g/mol. The van der Waals surface area contributed by atoms with Crippen LogP contribution in [0, 0.1) is 11.6 Å². The van der Waals surface area contributed by atoms with Crippen LogP contribution in [-0.2, 0) is 11.3 Å². The molecule has 7 heteroatoms. The highest BCUT2D eigenvalue weighted by molar-refractivity contribution is 5.75. The van der Waals surface area contributed by atoms with Crippen LogP contribution in [0.3, 0.4) is 0 Å². The molecule has 1 amide bonds. The van der Waals surface area contributed by atoms with Gasteiger partial charge in [0, 0.05) is 37.4 Å². The zero-order chi connectivity index (χ0) is 28.0. The highest BCUT2D eigenvalue weighted by Gasteiger charge is 2.42. The monoisotopic (exact) mass is 536 g/mol. The molecule has 0 bridgehead atoms. The van der Waals surface area contributed by atoms with Gasteiger partial charge in [0.25, 0.3) is 0 Å². The number of nitrogens with one attached hydrogen (secondary N) is 2. The smallest absolute Gasteiger partial charge is 0.220 e. The van der Waals surface area contributed by atoms with E-state index in [9.17, 15) is 18.7 Å². The molecule has 0 saturated carbocycles. The summed E-state index contributed by atoms with van der Waals surface area (Å²) in [5, 5.41) is 17.3. The summed E-state index contributed by atoms with van der Waals surface area (Å²) in [6, 6.07) is 21.0. The summed E-state index contributed by atoms with van der Waals surface area (Å²) >= 11 is 0. The summed E-state index contributed by atoms with van der Waals surface area (Å²) in [6.45, 7) is 1.44. The Morgan fingerprint density at radius 2 is 1.51 bits per heavy atom. The van der Waals surface area contributed by atoms with Crippen molar-refractivity contribution in [3.05, 3.63) is 107 Å². The Morgan fingerprint density at radius 1 is 0.923 bits per heavy atom. The Hall–Kier alpha value is -3.13. The third-order valence-corrected chi connectivity index (χ3v) is 7.51. The molecule has 3 aromatic carbocycles. The van der Waals surface area contributed by atoms with Gasteiger partial charge in [0.1, 0.15) is 11.6 Å². The van der Waals surface area contributed by atoms with Gasteiger partial charge in [0.05, 0.1) is 33.8 Å². The molecule has 5 nitrogen and oxygen atoms in total. The first kappa shape index (κ1) is 28.9. The van der Waals surface area contributed by atoms with E-state index in [0.717, 1.165) is 40.6 Å². The van der Waals surface area contributed by atoms with Crippen molar-refractivity contribution in [3.63, 3.8) is 0 Å². The molecule has 0 aromatic heterocycles. The van der Waals surface area contributed by atoms with Crippen molar-refractivity contribution in [2.75, 3.05) is 27.7 Å². The van der Waals surface area contributed by atoms with Crippen LogP contribution >= 0.6 is 0 Å². The molecular formula is C32H40F2N3O2+. The number of quaternary nitrogens is 1. The van der Waals surface area contributed by atoms with Gasteiger partial charge in [-0.05, 0) is 59.4 Å². The number of amides is 1. The average Bonchev–Trinajstić information content (AvgIpc) is 2.88. The van der Waals surface area contributed by atoms with Gasteiger partial charge < -0.3 is 20.2 Å². The van der Waals surface area contributed by atoms with Crippen LogP contribution in [0.25, 0.3) is 0 Å². The number of carbonyl (C=O) groups is 1. The van der Waals surface area contributed by atoms with Gasteiger partial charge in [0.2, 0.25) is 5.91 Å². The highest BCUT2D eigenvalue weighted by Crippen LogP contribution is 2.44. The normalized spacial score (nSPS) is 19.8. The van der Waals surface area contributed by atoms with Crippen LogP contribution in [0.1, 0.15) is 66.0 Å². The van der Waals surface area contributed by atoms with Crippen molar-refractivity contribution >= 4 is 5.91 Å². The molecule has 4 rings (SSSR count). The SMILES string of the molecule is C[N+](C)(C)CCCC(=O)NCc1ccc(C2C(CCC(O)c3ccc(F)cc3)NC2c2ccc(F)cc2)cc1. The minimum absolute atomic E-state index is 0.0327. The molecule has 0 spiro atoms. The maximum absolute atomic E-state index is 13.6. The lowest BCUT2D eigenvalue weighted by atomic mass is 9.72.